The van der Waals surface area contributed by atoms with Crippen molar-refractivity contribution >= 4 is 50.7 Å². The quantitative estimate of drug-likeness (QED) is 0.143. The highest BCUT2D eigenvalue weighted by molar-refractivity contribution is 7.92. The summed E-state index contributed by atoms with van der Waals surface area (Å²) in [6, 6.07) is 27.5. The normalized spacial score (nSPS) is 12.5. The number of rotatable bonds is 15. The van der Waals surface area contributed by atoms with Gasteiger partial charge in [-0.2, -0.15) is 0 Å². The molecule has 2 unspecified atom stereocenters. The highest BCUT2D eigenvalue weighted by atomic mass is 35.5. The maximum Gasteiger partial charge on any atom is 0.264 e. The maximum atomic E-state index is 14.6. The van der Waals surface area contributed by atoms with E-state index in [1.807, 2.05) is 57.2 Å². The van der Waals surface area contributed by atoms with Gasteiger partial charge in [0.2, 0.25) is 11.8 Å². The molecule has 4 rings (SSSR count). The highest BCUT2D eigenvalue weighted by Crippen LogP contribution is 2.28. The van der Waals surface area contributed by atoms with Gasteiger partial charge in [0, 0.05) is 29.1 Å². The van der Waals surface area contributed by atoms with Crippen LogP contribution < -0.4 is 14.4 Å². The predicted molar refractivity (Wildman–Crippen MR) is 187 cm³/mol. The van der Waals surface area contributed by atoms with E-state index in [2.05, 4.69) is 5.32 Å². The molecule has 0 saturated carbocycles. The molecular weight excluding hydrogens is 657 g/mol. The first-order chi connectivity index (χ1) is 22.5. The zero-order valence-corrected chi connectivity index (χ0v) is 28.9. The van der Waals surface area contributed by atoms with E-state index >= 15 is 0 Å². The lowest BCUT2D eigenvalue weighted by atomic mass is 10.0. The molecule has 0 fully saturated rings. The largest absolute Gasteiger partial charge is 0.494 e. The molecule has 0 aliphatic rings. The van der Waals surface area contributed by atoms with Crippen molar-refractivity contribution in [2.45, 2.75) is 57.1 Å². The molecule has 0 aliphatic heterocycles. The van der Waals surface area contributed by atoms with Crippen molar-refractivity contribution < 1.29 is 22.7 Å². The van der Waals surface area contributed by atoms with Gasteiger partial charge in [-0.05, 0) is 92.1 Å². The molecule has 0 spiro atoms. The number of anilines is 1. The van der Waals surface area contributed by atoms with Gasteiger partial charge in [-0.1, -0.05) is 72.6 Å². The summed E-state index contributed by atoms with van der Waals surface area (Å²) >= 11 is 12.4. The van der Waals surface area contributed by atoms with Crippen molar-refractivity contribution in [3.63, 3.8) is 0 Å². The number of sulfonamides is 1. The Morgan fingerprint density at radius 2 is 1.49 bits per heavy atom. The Balaban J connectivity index is 1.81. The average Bonchev–Trinajstić information content (AvgIpc) is 3.06. The zero-order valence-electron chi connectivity index (χ0n) is 26.6. The van der Waals surface area contributed by atoms with Gasteiger partial charge in [-0.25, -0.2) is 8.42 Å². The lowest BCUT2D eigenvalue weighted by Gasteiger charge is -2.34. The number of nitrogens with zero attached hydrogens (tertiary/aromatic N) is 2. The van der Waals surface area contributed by atoms with E-state index < -0.39 is 28.5 Å². The van der Waals surface area contributed by atoms with Crippen LogP contribution in [0.5, 0.6) is 5.75 Å². The molecule has 0 aromatic heterocycles. The Hall–Kier alpha value is -4.05. The number of hydrogen-bond donors (Lipinski definition) is 1. The van der Waals surface area contributed by atoms with Gasteiger partial charge < -0.3 is 15.0 Å². The summed E-state index contributed by atoms with van der Waals surface area (Å²) in [6.07, 6.45) is 0.902. The lowest BCUT2D eigenvalue weighted by Crippen LogP contribution is -2.54. The van der Waals surface area contributed by atoms with Crippen molar-refractivity contribution in [1.82, 2.24) is 10.2 Å². The van der Waals surface area contributed by atoms with Crippen LogP contribution in [0.2, 0.25) is 10.0 Å². The number of ether oxygens (including phenoxy) is 1. The SMILES string of the molecule is CCOc1ccc(N(CC(=O)N(Cc2cccc(Cl)c2)C(Cc2ccccc2)C(=O)NC(C)CC)S(=O)(=O)c2ccc(Cl)cc2)cc1. The van der Waals surface area contributed by atoms with Crippen LogP contribution in [0, 0.1) is 0 Å². The van der Waals surface area contributed by atoms with Crippen LogP contribution in [-0.4, -0.2) is 50.4 Å². The second-order valence-electron chi connectivity index (χ2n) is 11.1. The van der Waals surface area contributed by atoms with Crippen molar-refractivity contribution in [2.75, 3.05) is 17.5 Å². The lowest BCUT2D eigenvalue weighted by molar-refractivity contribution is -0.140. The number of carbonyl (C=O) groups is 2. The Kier molecular flexibility index (Phi) is 12.7. The first-order valence-electron chi connectivity index (χ1n) is 15.4. The van der Waals surface area contributed by atoms with Gasteiger partial charge in [0.05, 0.1) is 17.2 Å². The molecule has 11 heteroatoms. The number of hydrogen-bond acceptors (Lipinski definition) is 5. The van der Waals surface area contributed by atoms with Crippen molar-refractivity contribution in [3.8, 4) is 5.75 Å². The second kappa shape index (κ2) is 16.7. The fourth-order valence-corrected chi connectivity index (χ4v) is 6.72. The van der Waals surface area contributed by atoms with Crippen LogP contribution in [0.3, 0.4) is 0 Å². The van der Waals surface area contributed by atoms with Gasteiger partial charge in [-0.3, -0.25) is 13.9 Å². The number of halogens is 2. The van der Waals surface area contributed by atoms with Crippen molar-refractivity contribution in [1.29, 1.82) is 0 Å². The first kappa shape index (κ1) is 35.8. The highest BCUT2D eigenvalue weighted by Gasteiger charge is 2.35. The molecule has 0 radical (unpaired) electrons. The minimum Gasteiger partial charge on any atom is -0.494 e. The average molecular weight is 697 g/mol. The summed E-state index contributed by atoms with van der Waals surface area (Å²) in [7, 11) is -4.27. The Labute approximate surface area is 287 Å². The van der Waals surface area contributed by atoms with Gasteiger partial charge in [0.1, 0.15) is 18.3 Å². The van der Waals surface area contributed by atoms with E-state index in [-0.39, 0.29) is 35.5 Å². The Bertz CT molecular complexity index is 1740. The second-order valence-corrected chi connectivity index (χ2v) is 13.8. The number of nitrogens with one attached hydrogen (secondary N) is 1. The van der Waals surface area contributed by atoms with Crippen LogP contribution >= 0.6 is 23.2 Å². The predicted octanol–water partition coefficient (Wildman–Crippen LogP) is 7.14. The third kappa shape index (κ3) is 9.73. The number of carbonyl (C=O) groups excluding carboxylic acids is 2. The van der Waals surface area contributed by atoms with Gasteiger partial charge in [0.25, 0.3) is 10.0 Å². The van der Waals surface area contributed by atoms with Crippen molar-refractivity contribution in [2.24, 2.45) is 0 Å². The molecule has 2 atom stereocenters. The minimum absolute atomic E-state index is 0.0168. The maximum absolute atomic E-state index is 14.6. The Morgan fingerprint density at radius 3 is 2.11 bits per heavy atom. The van der Waals surface area contributed by atoms with Crippen molar-refractivity contribution in [3.05, 3.63) is 124 Å². The van der Waals surface area contributed by atoms with E-state index in [0.29, 0.717) is 34.4 Å². The van der Waals surface area contributed by atoms with Gasteiger partial charge in [0.15, 0.2) is 0 Å². The molecule has 0 heterocycles. The van der Waals surface area contributed by atoms with Crippen LogP contribution in [0.4, 0.5) is 5.69 Å². The molecular formula is C36H39Cl2N3O5S. The molecule has 2 amide bonds. The summed E-state index contributed by atoms with van der Waals surface area (Å²) < 4.78 is 35.0. The molecule has 0 bridgehead atoms. The fraction of sp³-hybridized carbons (Fsp3) is 0.278. The topological polar surface area (TPSA) is 96.0 Å². The summed E-state index contributed by atoms with van der Waals surface area (Å²) in [6.45, 7) is 5.58. The van der Waals surface area contributed by atoms with E-state index in [1.54, 1.807) is 42.5 Å². The molecule has 4 aromatic rings. The van der Waals surface area contributed by atoms with Gasteiger partial charge >= 0.3 is 0 Å². The third-order valence-electron chi connectivity index (χ3n) is 7.63. The summed E-state index contributed by atoms with van der Waals surface area (Å²) in [4.78, 5) is 29.9. The molecule has 4 aromatic carbocycles. The summed E-state index contributed by atoms with van der Waals surface area (Å²) in [5, 5.41) is 3.87. The standard InChI is InChI=1S/C36H39Cl2N3O5S/c1-4-26(3)39-36(43)34(23-27-10-7-6-8-11-27)40(24-28-12-9-13-30(38)22-28)35(42)25-41(31-16-18-32(19-17-31)46-5-2)47(44,45)33-20-14-29(37)15-21-33/h6-22,26,34H,4-5,23-25H2,1-3H3,(H,39,43). The number of benzene rings is 4. The number of amides is 2. The molecule has 0 aliphatic carbocycles. The van der Waals surface area contributed by atoms with E-state index in [1.165, 1.54) is 29.2 Å². The van der Waals surface area contributed by atoms with E-state index in [4.69, 9.17) is 27.9 Å². The fourth-order valence-electron chi connectivity index (χ4n) is 4.96. The smallest absolute Gasteiger partial charge is 0.264 e. The van der Waals surface area contributed by atoms with Crippen LogP contribution in [0.15, 0.2) is 108 Å². The molecule has 0 saturated heterocycles. The first-order valence-corrected chi connectivity index (χ1v) is 17.6. The zero-order chi connectivity index (χ0) is 34.0. The Morgan fingerprint density at radius 1 is 0.830 bits per heavy atom. The van der Waals surface area contributed by atoms with Gasteiger partial charge in [-0.15, -0.1) is 0 Å². The third-order valence-corrected chi connectivity index (χ3v) is 9.91. The van der Waals surface area contributed by atoms with E-state index in [9.17, 15) is 18.0 Å². The minimum atomic E-state index is -4.27. The van der Waals surface area contributed by atoms with Crippen LogP contribution in [0.25, 0.3) is 0 Å². The molecule has 1 N–H and O–H groups in total. The summed E-state index contributed by atoms with van der Waals surface area (Å²) in [5.74, 6) is -0.359. The van der Waals surface area contributed by atoms with E-state index in [0.717, 1.165) is 9.87 Å². The van der Waals surface area contributed by atoms with Crippen LogP contribution in [-0.2, 0) is 32.6 Å². The molecule has 248 valence electrons. The van der Waals surface area contributed by atoms with Crippen LogP contribution in [0.1, 0.15) is 38.3 Å². The molecule has 8 nitrogen and oxygen atoms in total. The summed E-state index contributed by atoms with van der Waals surface area (Å²) in [5.41, 5.74) is 1.79. The monoisotopic (exact) mass is 695 g/mol. The molecule has 47 heavy (non-hydrogen) atoms.